The Morgan fingerprint density at radius 3 is 2.91 bits per heavy atom. The molecule has 1 aliphatic heterocycles. The number of carbonyl (C=O) groups excluding carboxylic acids is 1. The van der Waals surface area contributed by atoms with Crippen molar-refractivity contribution in [2.75, 3.05) is 11.9 Å². The summed E-state index contributed by atoms with van der Waals surface area (Å²) in [5.74, 6) is 1.15. The van der Waals surface area contributed by atoms with E-state index in [2.05, 4.69) is 29.1 Å². The fraction of sp³-hybridized carbons (Fsp3) is 0.588. The zero-order valence-electron chi connectivity index (χ0n) is 13.6. The normalized spacial score (nSPS) is 21.3. The molecule has 2 aliphatic rings. The monoisotopic (exact) mass is 330 g/mol. The quantitative estimate of drug-likeness (QED) is 0.940. The van der Waals surface area contributed by atoms with Crippen LogP contribution in [0.2, 0.25) is 0 Å². The predicted octanol–water partition coefficient (Wildman–Crippen LogP) is 2.99. The summed E-state index contributed by atoms with van der Waals surface area (Å²) in [7, 11) is 0. The Morgan fingerprint density at radius 2 is 2.13 bits per heavy atom. The second-order valence-electron chi connectivity index (χ2n) is 6.80. The van der Waals surface area contributed by atoms with Crippen LogP contribution in [0.15, 0.2) is 6.33 Å². The van der Waals surface area contributed by atoms with Crippen LogP contribution in [0, 0.1) is 0 Å². The first kappa shape index (κ1) is 14.9. The number of thiophene rings is 1. The lowest BCUT2D eigenvalue weighted by Crippen LogP contribution is -2.33. The third-order valence-corrected chi connectivity index (χ3v) is 6.07. The Labute approximate surface area is 140 Å². The number of carbonyl (C=O) groups is 1. The Hall–Kier alpha value is -1.69. The minimum Gasteiger partial charge on any atom is -0.364 e. The minimum atomic E-state index is 0.141. The number of aryl methyl sites for hydroxylation is 2. The van der Waals surface area contributed by atoms with E-state index >= 15 is 0 Å². The van der Waals surface area contributed by atoms with E-state index in [9.17, 15) is 4.79 Å². The Morgan fingerprint density at radius 1 is 1.30 bits per heavy atom. The molecular weight excluding hydrogens is 308 g/mol. The highest BCUT2D eigenvalue weighted by Crippen LogP contribution is 2.38. The van der Waals surface area contributed by atoms with Gasteiger partial charge in [0.2, 0.25) is 5.91 Å². The van der Waals surface area contributed by atoms with Crippen molar-refractivity contribution in [1.29, 1.82) is 0 Å². The number of aromatic nitrogens is 2. The standard InChI is InChI=1S/C17H22N4OS/c1-10(2)21-8-11(7-14(21)22)20-16-15-12-5-3-4-6-13(12)23-17(15)19-9-18-16/h9-11H,3-8H2,1-2H3,(H,18,19,20). The zero-order chi connectivity index (χ0) is 16.0. The van der Waals surface area contributed by atoms with Crippen molar-refractivity contribution in [3.63, 3.8) is 0 Å². The third-order valence-electron chi connectivity index (χ3n) is 4.87. The van der Waals surface area contributed by atoms with Gasteiger partial charge in [0.1, 0.15) is 17.0 Å². The van der Waals surface area contributed by atoms with E-state index in [-0.39, 0.29) is 18.0 Å². The molecule has 23 heavy (non-hydrogen) atoms. The van der Waals surface area contributed by atoms with Crippen LogP contribution in [0.25, 0.3) is 10.2 Å². The van der Waals surface area contributed by atoms with Crippen LogP contribution >= 0.6 is 11.3 Å². The number of rotatable bonds is 3. The van der Waals surface area contributed by atoms with Crippen molar-refractivity contribution in [1.82, 2.24) is 14.9 Å². The van der Waals surface area contributed by atoms with Gasteiger partial charge in [-0.3, -0.25) is 4.79 Å². The van der Waals surface area contributed by atoms with Crippen molar-refractivity contribution in [3.05, 3.63) is 16.8 Å². The summed E-state index contributed by atoms with van der Waals surface area (Å²) in [6.45, 7) is 4.89. The van der Waals surface area contributed by atoms with Crippen molar-refractivity contribution in [2.45, 2.75) is 58.0 Å². The lowest BCUT2D eigenvalue weighted by molar-refractivity contribution is -0.129. The molecule has 0 saturated carbocycles. The van der Waals surface area contributed by atoms with Gasteiger partial charge in [0.05, 0.1) is 11.4 Å². The molecule has 0 radical (unpaired) electrons. The molecule has 2 aromatic rings. The molecule has 1 N–H and O–H groups in total. The molecule has 1 unspecified atom stereocenters. The fourth-order valence-electron chi connectivity index (χ4n) is 3.72. The highest BCUT2D eigenvalue weighted by molar-refractivity contribution is 7.19. The molecule has 122 valence electrons. The summed E-state index contributed by atoms with van der Waals surface area (Å²) in [4.78, 5) is 25.6. The molecule has 3 heterocycles. The van der Waals surface area contributed by atoms with E-state index in [0.717, 1.165) is 23.6 Å². The number of nitrogens with zero attached hydrogens (tertiary/aromatic N) is 3. The lowest BCUT2D eigenvalue weighted by Gasteiger charge is -2.21. The number of hydrogen-bond donors (Lipinski definition) is 1. The van der Waals surface area contributed by atoms with E-state index in [1.807, 2.05) is 16.2 Å². The second kappa shape index (κ2) is 5.74. The maximum Gasteiger partial charge on any atom is 0.225 e. The largest absolute Gasteiger partial charge is 0.364 e. The summed E-state index contributed by atoms with van der Waals surface area (Å²) in [6, 6.07) is 0.399. The van der Waals surface area contributed by atoms with Crippen LogP contribution < -0.4 is 5.32 Å². The number of likely N-dealkylation sites (tertiary alicyclic amines) is 1. The van der Waals surface area contributed by atoms with Gasteiger partial charge in [-0.25, -0.2) is 9.97 Å². The molecule has 2 aromatic heterocycles. The molecule has 0 bridgehead atoms. The van der Waals surface area contributed by atoms with Crippen LogP contribution in [-0.4, -0.2) is 39.4 Å². The molecule has 1 saturated heterocycles. The number of anilines is 1. The van der Waals surface area contributed by atoms with E-state index in [0.29, 0.717) is 6.42 Å². The van der Waals surface area contributed by atoms with Gasteiger partial charge >= 0.3 is 0 Å². The van der Waals surface area contributed by atoms with Gasteiger partial charge in [0, 0.05) is 23.9 Å². The zero-order valence-corrected chi connectivity index (χ0v) is 14.4. The van der Waals surface area contributed by atoms with Crippen LogP contribution in [-0.2, 0) is 17.6 Å². The first-order valence-corrected chi connectivity index (χ1v) is 9.26. The Bertz CT molecular complexity index is 754. The fourth-order valence-corrected chi connectivity index (χ4v) is 4.95. The molecule has 6 heteroatoms. The Kier molecular flexibility index (Phi) is 3.71. The number of amides is 1. The van der Waals surface area contributed by atoms with Gasteiger partial charge in [-0.2, -0.15) is 0 Å². The predicted molar refractivity (Wildman–Crippen MR) is 92.9 cm³/mol. The van der Waals surface area contributed by atoms with Crippen LogP contribution in [0.1, 0.15) is 43.6 Å². The van der Waals surface area contributed by atoms with Crippen molar-refractivity contribution in [2.24, 2.45) is 0 Å². The summed E-state index contributed by atoms with van der Waals surface area (Å²) in [6.07, 6.45) is 7.00. The maximum atomic E-state index is 12.1. The maximum absolute atomic E-state index is 12.1. The summed E-state index contributed by atoms with van der Waals surface area (Å²) < 4.78 is 0. The van der Waals surface area contributed by atoms with E-state index in [1.165, 1.54) is 35.1 Å². The van der Waals surface area contributed by atoms with Gasteiger partial charge in [-0.15, -0.1) is 11.3 Å². The van der Waals surface area contributed by atoms with E-state index < -0.39 is 0 Å². The van der Waals surface area contributed by atoms with Crippen LogP contribution in [0.4, 0.5) is 5.82 Å². The van der Waals surface area contributed by atoms with Crippen molar-refractivity contribution < 1.29 is 4.79 Å². The van der Waals surface area contributed by atoms with Gasteiger partial charge < -0.3 is 10.2 Å². The number of nitrogens with one attached hydrogen (secondary N) is 1. The second-order valence-corrected chi connectivity index (χ2v) is 7.88. The first-order valence-electron chi connectivity index (χ1n) is 8.44. The molecule has 1 aliphatic carbocycles. The highest BCUT2D eigenvalue weighted by Gasteiger charge is 2.32. The van der Waals surface area contributed by atoms with Gasteiger partial charge in [-0.1, -0.05) is 0 Å². The lowest BCUT2D eigenvalue weighted by atomic mass is 9.97. The van der Waals surface area contributed by atoms with Gasteiger partial charge in [-0.05, 0) is 45.1 Å². The average molecular weight is 330 g/mol. The summed E-state index contributed by atoms with van der Waals surface area (Å²) in [5, 5.41) is 4.73. The summed E-state index contributed by atoms with van der Waals surface area (Å²) in [5.41, 5.74) is 1.43. The molecular formula is C17H22N4OS. The smallest absolute Gasteiger partial charge is 0.225 e. The number of hydrogen-bond acceptors (Lipinski definition) is 5. The summed E-state index contributed by atoms with van der Waals surface area (Å²) >= 11 is 1.81. The SMILES string of the molecule is CC(C)N1CC(Nc2ncnc3sc4c(c23)CCCC4)CC1=O. The van der Waals surface area contributed by atoms with Gasteiger partial charge in [0.15, 0.2) is 0 Å². The molecule has 4 rings (SSSR count). The molecule has 0 aromatic carbocycles. The van der Waals surface area contributed by atoms with Crippen LogP contribution in [0.5, 0.6) is 0 Å². The van der Waals surface area contributed by atoms with E-state index in [1.54, 1.807) is 6.33 Å². The van der Waals surface area contributed by atoms with Crippen molar-refractivity contribution in [3.8, 4) is 0 Å². The number of fused-ring (bicyclic) bond motifs is 3. The third kappa shape index (κ3) is 2.59. The molecule has 5 nitrogen and oxygen atoms in total. The van der Waals surface area contributed by atoms with Gasteiger partial charge in [0.25, 0.3) is 0 Å². The molecule has 1 atom stereocenters. The van der Waals surface area contributed by atoms with E-state index in [4.69, 9.17) is 0 Å². The molecule has 1 fully saturated rings. The molecule has 0 spiro atoms. The molecule has 1 amide bonds. The minimum absolute atomic E-state index is 0.141. The average Bonchev–Trinajstić information content (AvgIpc) is 3.08. The topological polar surface area (TPSA) is 58.1 Å². The van der Waals surface area contributed by atoms with Crippen molar-refractivity contribution >= 4 is 33.3 Å². The van der Waals surface area contributed by atoms with Crippen LogP contribution in [0.3, 0.4) is 0 Å². The first-order chi connectivity index (χ1) is 11.1. The Balaban J connectivity index is 1.65. The highest BCUT2D eigenvalue weighted by atomic mass is 32.1.